The van der Waals surface area contributed by atoms with E-state index in [-0.39, 0.29) is 11.5 Å². The molecule has 140 valence electrons. The van der Waals surface area contributed by atoms with Crippen LogP contribution in [-0.4, -0.2) is 20.0 Å². The molecule has 0 aliphatic heterocycles. The van der Waals surface area contributed by atoms with Gasteiger partial charge < -0.3 is 0 Å². The van der Waals surface area contributed by atoms with Gasteiger partial charge in [-0.15, -0.1) is 0 Å². The van der Waals surface area contributed by atoms with Crippen LogP contribution in [0.15, 0.2) is 47.4 Å². The van der Waals surface area contributed by atoms with Gasteiger partial charge in [-0.2, -0.15) is 0 Å². The minimum Gasteiger partial charge on any atom is -0.299 e. The normalized spacial score (nSPS) is 11.5. The molecule has 0 bridgehead atoms. The first-order valence-corrected chi connectivity index (χ1v) is 10.9. The molecule has 0 aliphatic carbocycles. The van der Waals surface area contributed by atoms with Gasteiger partial charge in [-0.1, -0.05) is 53.4 Å². The number of hydrogen-bond donors (Lipinski definition) is 0. The van der Waals surface area contributed by atoms with Crippen molar-refractivity contribution in [3.63, 3.8) is 0 Å². The highest BCUT2D eigenvalue weighted by Crippen LogP contribution is 2.23. The molecule has 0 saturated heterocycles. The van der Waals surface area contributed by atoms with E-state index in [1.54, 1.807) is 42.5 Å². The van der Waals surface area contributed by atoms with Crippen LogP contribution in [0.1, 0.15) is 36.8 Å². The van der Waals surface area contributed by atoms with Crippen LogP contribution in [0.25, 0.3) is 0 Å². The maximum absolute atomic E-state index is 12.3. The molecule has 0 radical (unpaired) electrons. The second-order valence-electron chi connectivity index (χ2n) is 6.41. The van der Waals surface area contributed by atoms with E-state index < -0.39 is 9.84 Å². The van der Waals surface area contributed by atoms with Crippen LogP contribution in [0.4, 0.5) is 0 Å². The summed E-state index contributed by atoms with van der Waals surface area (Å²) < 4.78 is 24.5. The fourth-order valence-electron chi connectivity index (χ4n) is 2.62. The van der Waals surface area contributed by atoms with Crippen molar-refractivity contribution in [3.05, 3.63) is 63.6 Å². The Bertz CT molecular complexity index is 859. The van der Waals surface area contributed by atoms with E-state index in [9.17, 15) is 13.2 Å². The first-order chi connectivity index (χ1) is 12.3. The second kappa shape index (κ2) is 9.54. The van der Waals surface area contributed by atoms with Crippen LogP contribution in [0.3, 0.4) is 0 Å². The van der Waals surface area contributed by atoms with Crippen LogP contribution < -0.4 is 0 Å². The minimum absolute atomic E-state index is 0.108. The zero-order valence-electron chi connectivity index (χ0n) is 14.7. The number of Topliss-reactive ketones (excluding diaryl/α,β-unsaturated/α-hetero) is 1. The molecule has 2 aromatic carbocycles. The van der Waals surface area contributed by atoms with Crippen molar-refractivity contribution in [1.82, 2.24) is 0 Å². The molecule has 2 rings (SSSR count). The van der Waals surface area contributed by atoms with Crippen LogP contribution in [0.2, 0.25) is 10.0 Å². The first kappa shape index (κ1) is 20.9. The molecule has 0 N–H and O–H groups in total. The highest BCUT2D eigenvalue weighted by atomic mass is 35.5. The minimum atomic E-state index is -3.25. The molecule has 0 heterocycles. The van der Waals surface area contributed by atoms with Gasteiger partial charge in [0.15, 0.2) is 9.84 Å². The average Bonchev–Trinajstić information content (AvgIpc) is 2.58. The summed E-state index contributed by atoms with van der Waals surface area (Å²) in [5.74, 6) is 0.224. The fourth-order valence-corrected chi connectivity index (χ4v) is 4.31. The van der Waals surface area contributed by atoms with Gasteiger partial charge in [0.1, 0.15) is 5.78 Å². The van der Waals surface area contributed by atoms with Gasteiger partial charge in [-0.25, -0.2) is 8.42 Å². The Morgan fingerprint density at radius 2 is 1.62 bits per heavy atom. The van der Waals surface area contributed by atoms with Gasteiger partial charge in [-0.05, 0) is 49.6 Å². The lowest BCUT2D eigenvalue weighted by molar-refractivity contribution is -0.118. The number of carbonyl (C=O) groups excluding carboxylic acids is 1. The van der Waals surface area contributed by atoms with E-state index in [1.165, 1.54) is 0 Å². The maximum Gasteiger partial charge on any atom is 0.178 e. The molecule has 26 heavy (non-hydrogen) atoms. The second-order valence-corrected chi connectivity index (χ2v) is 9.33. The highest BCUT2D eigenvalue weighted by molar-refractivity contribution is 7.91. The van der Waals surface area contributed by atoms with E-state index in [0.717, 1.165) is 11.1 Å². The van der Waals surface area contributed by atoms with Crippen molar-refractivity contribution < 1.29 is 13.2 Å². The molecule has 0 saturated carbocycles. The molecule has 0 unspecified atom stereocenters. The van der Waals surface area contributed by atoms with Crippen molar-refractivity contribution in [2.75, 3.05) is 5.75 Å². The van der Waals surface area contributed by atoms with Gasteiger partial charge in [0.2, 0.25) is 0 Å². The summed E-state index contributed by atoms with van der Waals surface area (Å²) in [5, 5.41) is 0.913. The van der Waals surface area contributed by atoms with Crippen molar-refractivity contribution in [1.29, 1.82) is 0 Å². The largest absolute Gasteiger partial charge is 0.299 e. The Morgan fingerprint density at radius 3 is 2.27 bits per heavy atom. The third kappa shape index (κ3) is 6.42. The molecule has 6 heteroatoms. The van der Waals surface area contributed by atoms with Crippen LogP contribution in [-0.2, 0) is 21.1 Å². The standard InChI is InChI=1S/C20H22Cl2O3S/c1-15-6-9-18(10-7-15)26(24,25)12-4-2-3-5-17(23)13-16-8-11-19(21)20(22)14-16/h6-11,14H,2-5,12-13H2,1H3. The van der Waals surface area contributed by atoms with Crippen molar-refractivity contribution in [2.45, 2.75) is 43.9 Å². The molecular weight excluding hydrogens is 391 g/mol. The Labute approximate surface area is 165 Å². The quantitative estimate of drug-likeness (QED) is 0.514. The highest BCUT2D eigenvalue weighted by Gasteiger charge is 2.13. The lowest BCUT2D eigenvalue weighted by atomic mass is 10.0. The SMILES string of the molecule is Cc1ccc(S(=O)(=O)CCCCCC(=O)Cc2ccc(Cl)c(Cl)c2)cc1. The number of unbranched alkanes of at least 4 members (excludes halogenated alkanes) is 2. The average molecular weight is 413 g/mol. The number of benzene rings is 2. The fraction of sp³-hybridized carbons (Fsp3) is 0.350. The number of ketones is 1. The topological polar surface area (TPSA) is 51.2 Å². The van der Waals surface area contributed by atoms with Crippen molar-refractivity contribution >= 4 is 38.8 Å². The van der Waals surface area contributed by atoms with Crippen molar-refractivity contribution in [3.8, 4) is 0 Å². The van der Waals surface area contributed by atoms with Gasteiger partial charge >= 0.3 is 0 Å². The third-order valence-corrected chi connectivity index (χ3v) is 6.69. The Kier molecular flexibility index (Phi) is 7.69. The predicted molar refractivity (Wildman–Crippen MR) is 107 cm³/mol. The van der Waals surface area contributed by atoms with Crippen molar-refractivity contribution in [2.24, 2.45) is 0 Å². The predicted octanol–water partition coefficient (Wildman–Crippen LogP) is 5.45. The van der Waals surface area contributed by atoms with E-state index in [0.29, 0.717) is 47.0 Å². The summed E-state index contributed by atoms with van der Waals surface area (Å²) in [6, 6.07) is 12.1. The molecular formula is C20H22Cl2O3S. The molecule has 3 nitrogen and oxygen atoms in total. The first-order valence-electron chi connectivity index (χ1n) is 8.53. The van der Waals surface area contributed by atoms with E-state index in [4.69, 9.17) is 23.2 Å². The number of carbonyl (C=O) groups is 1. The number of halogens is 2. The van der Waals surface area contributed by atoms with Crippen LogP contribution >= 0.6 is 23.2 Å². The zero-order valence-corrected chi connectivity index (χ0v) is 17.0. The monoisotopic (exact) mass is 412 g/mol. The summed E-state index contributed by atoms with van der Waals surface area (Å²) >= 11 is 11.8. The zero-order chi connectivity index (χ0) is 19.2. The van der Waals surface area contributed by atoms with Gasteiger partial charge in [-0.3, -0.25) is 4.79 Å². The summed E-state index contributed by atoms with van der Waals surface area (Å²) in [5.41, 5.74) is 1.87. The number of hydrogen-bond acceptors (Lipinski definition) is 3. The smallest absolute Gasteiger partial charge is 0.178 e. The number of rotatable bonds is 9. The summed E-state index contributed by atoms with van der Waals surface area (Å²) in [7, 11) is -3.25. The van der Waals surface area contributed by atoms with Crippen LogP contribution in [0, 0.1) is 6.92 Å². The van der Waals surface area contributed by atoms with E-state index in [1.807, 2.05) is 6.92 Å². The Morgan fingerprint density at radius 1 is 0.923 bits per heavy atom. The maximum atomic E-state index is 12.3. The third-order valence-electron chi connectivity index (χ3n) is 4.13. The lowest BCUT2D eigenvalue weighted by Crippen LogP contribution is -2.07. The Hall–Kier alpha value is -1.36. The molecule has 0 spiro atoms. The van der Waals surface area contributed by atoms with Gasteiger partial charge in [0, 0.05) is 12.8 Å². The van der Waals surface area contributed by atoms with E-state index >= 15 is 0 Å². The molecule has 2 aromatic rings. The summed E-state index contributed by atoms with van der Waals surface area (Å²) in [6.07, 6.45) is 2.70. The Balaban J connectivity index is 1.72. The van der Waals surface area contributed by atoms with E-state index in [2.05, 4.69) is 0 Å². The summed E-state index contributed by atoms with van der Waals surface area (Å²) in [4.78, 5) is 12.4. The molecule has 0 amide bonds. The number of sulfone groups is 1. The molecule has 0 atom stereocenters. The van der Waals surface area contributed by atoms with Gasteiger partial charge in [0.05, 0.1) is 20.7 Å². The molecule has 0 aromatic heterocycles. The lowest BCUT2D eigenvalue weighted by Gasteiger charge is -2.06. The molecule has 0 aliphatic rings. The molecule has 0 fully saturated rings. The van der Waals surface area contributed by atoms with Gasteiger partial charge in [0.25, 0.3) is 0 Å². The summed E-state index contributed by atoms with van der Waals surface area (Å²) in [6.45, 7) is 1.92. The number of aryl methyl sites for hydroxylation is 1. The van der Waals surface area contributed by atoms with Crippen LogP contribution in [0.5, 0.6) is 0 Å².